The summed E-state index contributed by atoms with van der Waals surface area (Å²) in [6.07, 6.45) is 0.830. The summed E-state index contributed by atoms with van der Waals surface area (Å²) in [6.45, 7) is 0.544. The van der Waals surface area contributed by atoms with E-state index in [1.807, 2.05) is 0 Å². The number of piperidine rings is 1. The molecule has 1 amide bonds. The summed E-state index contributed by atoms with van der Waals surface area (Å²) in [5.74, 6) is -1.08. The van der Waals surface area contributed by atoms with Gasteiger partial charge in [-0.05, 0) is 37.1 Å². The number of hydrogen-bond acceptors (Lipinski definition) is 5. The minimum Gasteiger partial charge on any atom is -0.465 e. The highest BCUT2D eigenvalue weighted by Crippen LogP contribution is 2.25. The van der Waals surface area contributed by atoms with Gasteiger partial charge in [0.05, 0.1) is 23.3 Å². The lowest BCUT2D eigenvalue weighted by Gasteiger charge is -2.30. The Morgan fingerprint density at radius 2 is 1.61 bits per heavy atom. The van der Waals surface area contributed by atoms with Crippen LogP contribution in [0, 0.1) is 5.92 Å². The molecule has 0 aliphatic carbocycles. The van der Waals surface area contributed by atoms with Crippen molar-refractivity contribution in [3.05, 3.63) is 60.2 Å². The van der Waals surface area contributed by atoms with Crippen molar-refractivity contribution in [1.82, 2.24) is 4.31 Å². The van der Waals surface area contributed by atoms with E-state index < -0.39 is 16.0 Å². The second-order valence-electron chi connectivity index (χ2n) is 6.52. The van der Waals surface area contributed by atoms with Gasteiger partial charge in [-0.1, -0.05) is 30.3 Å². The Hall–Kier alpha value is -2.71. The first-order valence-corrected chi connectivity index (χ1v) is 10.4. The molecule has 1 aliphatic rings. The highest BCUT2D eigenvalue weighted by Gasteiger charge is 2.32. The van der Waals surface area contributed by atoms with Crippen LogP contribution in [0.25, 0.3) is 0 Å². The Morgan fingerprint density at radius 3 is 2.25 bits per heavy atom. The molecule has 1 N–H and O–H groups in total. The number of carbonyl (C=O) groups is 2. The third-order valence-corrected chi connectivity index (χ3v) is 6.71. The van der Waals surface area contributed by atoms with Gasteiger partial charge in [-0.3, -0.25) is 4.79 Å². The highest BCUT2D eigenvalue weighted by atomic mass is 32.2. The van der Waals surface area contributed by atoms with Gasteiger partial charge in [-0.25, -0.2) is 13.2 Å². The SMILES string of the molecule is COC(=O)c1ccccc1NC(=O)C1CCN(S(=O)(=O)c2ccccc2)CC1. The Kier molecular flexibility index (Phi) is 6.11. The molecule has 0 bridgehead atoms. The molecule has 148 valence electrons. The van der Waals surface area contributed by atoms with Crippen LogP contribution in [-0.4, -0.2) is 44.8 Å². The van der Waals surface area contributed by atoms with Crippen LogP contribution in [0.4, 0.5) is 5.69 Å². The predicted molar refractivity (Wildman–Crippen MR) is 104 cm³/mol. The fraction of sp³-hybridized carbons (Fsp3) is 0.300. The Labute approximate surface area is 164 Å². The van der Waals surface area contributed by atoms with Crippen molar-refractivity contribution in [3.63, 3.8) is 0 Å². The van der Waals surface area contributed by atoms with Gasteiger partial charge < -0.3 is 10.1 Å². The summed E-state index contributed by atoms with van der Waals surface area (Å²) in [6, 6.07) is 14.9. The molecule has 1 aliphatic heterocycles. The highest BCUT2D eigenvalue weighted by molar-refractivity contribution is 7.89. The topological polar surface area (TPSA) is 92.8 Å². The van der Waals surface area contributed by atoms with Gasteiger partial charge in [0, 0.05) is 19.0 Å². The fourth-order valence-electron chi connectivity index (χ4n) is 3.21. The van der Waals surface area contributed by atoms with Crippen LogP contribution >= 0.6 is 0 Å². The normalized spacial score (nSPS) is 15.8. The number of ether oxygens (including phenoxy) is 1. The van der Waals surface area contributed by atoms with E-state index in [-0.39, 0.29) is 35.4 Å². The molecule has 0 atom stereocenters. The summed E-state index contributed by atoms with van der Waals surface area (Å²) < 4.78 is 31.5. The monoisotopic (exact) mass is 402 g/mol. The van der Waals surface area contributed by atoms with Gasteiger partial charge in [0.25, 0.3) is 0 Å². The second kappa shape index (κ2) is 8.53. The maximum Gasteiger partial charge on any atom is 0.339 e. The first-order chi connectivity index (χ1) is 13.4. The minimum atomic E-state index is -3.55. The summed E-state index contributed by atoms with van der Waals surface area (Å²) in [5.41, 5.74) is 0.668. The van der Waals surface area contributed by atoms with Crippen LogP contribution in [0.15, 0.2) is 59.5 Å². The van der Waals surface area contributed by atoms with E-state index in [0.717, 1.165) is 0 Å². The van der Waals surface area contributed by atoms with Crippen molar-refractivity contribution in [3.8, 4) is 0 Å². The zero-order valence-electron chi connectivity index (χ0n) is 15.5. The van der Waals surface area contributed by atoms with E-state index in [2.05, 4.69) is 5.32 Å². The molecule has 7 nitrogen and oxygen atoms in total. The van der Waals surface area contributed by atoms with Gasteiger partial charge in [-0.15, -0.1) is 0 Å². The molecule has 0 unspecified atom stereocenters. The lowest BCUT2D eigenvalue weighted by atomic mass is 9.97. The fourth-order valence-corrected chi connectivity index (χ4v) is 4.71. The summed E-state index contributed by atoms with van der Waals surface area (Å²) in [4.78, 5) is 24.7. The second-order valence-corrected chi connectivity index (χ2v) is 8.46. The Balaban J connectivity index is 1.64. The molecular formula is C20H22N2O5S. The molecule has 1 heterocycles. The van der Waals surface area contributed by atoms with Crippen molar-refractivity contribution in [2.45, 2.75) is 17.7 Å². The number of sulfonamides is 1. The molecule has 0 saturated carbocycles. The summed E-state index contributed by atoms with van der Waals surface area (Å²) in [7, 11) is -2.27. The number of hydrogen-bond donors (Lipinski definition) is 1. The molecule has 1 fully saturated rings. The number of carbonyl (C=O) groups excluding carboxylic acids is 2. The molecule has 28 heavy (non-hydrogen) atoms. The number of amides is 1. The average molecular weight is 402 g/mol. The van der Waals surface area contributed by atoms with Crippen molar-refractivity contribution in [2.75, 3.05) is 25.5 Å². The minimum absolute atomic E-state index is 0.229. The molecule has 8 heteroatoms. The van der Waals surface area contributed by atoms with Crippen LogP contribution in [-0.2, 0) is 19.6 Å². The Morgan fingerprint density at radius 1 is 1.00 bits per heavy atom. The maximum absolute atomic E-state index is 12.7. The van der Waals surface area contributed by atoms with E-state index in [9.17, 15) is 18.0 Å². The van der Waals surface area contributed by atoms with E-state index in [1.165, 1.54) is 11.4 Å². The van der Waals surface area contributed by atoms with Crippen LogP contribution in [0.5, 0.6) is 0 Å². The van der Waals surface area contributed by atoms with Crippen LogP contribution in [0.3, 0.4) is 0 Å². The first-order valence-electron chi connectivity index (χ1n) is 8.97. The number of rotatable bonds is 5. The smallest absolute Gasteiger partial charge is 0.339 e. The lowest BCUT2D eigenvalue weighted by Crippen LogP contribution is -2.41. The standard InChI is InChI=1S/C20H22N2O5S/c1-27-20(24)17-9-5-6-10-18(17)21-19(23)15-11-13-22(14-12-15)28(25,26)16-7-3-2-4-8-16/h2-10,15H,11-14H2,1H3,(H,21,23). The first kappa shape index (κ1) is 20.0. The maximum atomic E-state index is 12.7. The van der Waals surface area contributed by atoms with Crippen molar-refractivity contribution >= 4 is 27.6 Å². The quantitative estimate of drug-likeness (QED) is 0.776. The summed E-state index contributed by atoms with van der Waals surface area (Å²) in [5, 5.41) is 2.77. The van der Waals surface area contributed by atoms with Crippen molar-refractivity contribution in [2.24, 2.45) is 5.92 Å². The van der Waals surface area contributed by atoms with Crippen LogP contribution in [0.2, 0.25) is 0 Å². The average Bonchev–Trinajstić information content (AvgIpc) is 2.74. The largest absolute Gasteiger partial charge is 0.465 e. The molecule has 1 saturated heterocycles. The number of methoxy groups -OCH3 is 1. The van der Waals surface area contributed by atoms with Gasteiger partial charge in [0.2, 0.25) is 15.9 Å². The zero-order chi connectivity index (χ0) is 20.1. The third-order valence-electron chi connectivity index (χ3n) is 4.80. The van der Waals surface area contributed by atoms with Crippen LogP contribution in [0.1, 0.15) is 23.2 Å². The molecule has 0 aromatic heterocycles. The zero-order valence-corrected chi connectivity index (χ0v) is 16.3. The Bertz CT molecular complexity index is 952. The number of esters is 1. The van der Waals surface area contributed by atoms with E-state index in [4.69, 9.17) is 4.74 Å². The van der Waals surface area contributed by atoms with Gasteiger partial charge in [0.1, 0.15) is 0 Å². The molecule has 3 rings (SSSR count). The van der Waals surface area contributed by atoms with E-state index in [1.54, 1.807) is 54.6 Å². The predicted octanol–water partition coefficient (Wildman–Crippen LogP) is 2.51. The number of anilines is 1. The summed E-state index contributed by atoms with van der Waals surface area (Å²) >= 11 is 0. The van der Waals surface area contributed by atoms with Crippen molar-refractivity contribution < 1.29 is 22.7 Å². The number of nitrogens with zero attached hydrogens (tertiary/aromatic N) is 1. The number of para-hydroxylation sites is 1. The van der Waals surface area contributed by atoms with E-state index >= 15 is 0 Å². The molecular weight excluding hydrogens is 380 g/mol. The van der Waals surface area contributed by atoms with Crippen LogP contribution < -0.4 is 5.32 Å². The molecule has 2 aromatic carbocycles. The molecule has 0 spiro atoms. The number of benzene rings is 2. The molecule has 0 radical (unpaired) electrons. The van der Waals surface area contributed by atoms with Gasteiger partial charge in [-0.2, -0.15) is 4.31 Å². The lowest BCUT2D eigenvalue weighted by molar-refractivity contribution is -0.120. The van der Waals surface area contributed by atoms with E-state index in [0.29, 0.717) is 18.5 Å². The van der Waals surface area contributed by atoms with Crippen molar-refractivity contribution in [1.29, 1.82) is 0 Å². The third kappa shape index (κ3) is 4.23. The van der Waals surface area contributed by atoms with Gasteiger partial charge in [0.15, 0.2) is 0 Å². The molecule has 2 aromatic rings. The van der Waals surface area contributed by atoms with Gasteiger partial charge >= 0.3 is 5.97 Å². The number of nitrogens with one attached hydrogen (secondary N) is 1.